The summed E-state index contributed by atoms with van der Waals surface area (Å²) in [6, 6.07) is 9.83. The fraction of sp³-hybridized carbons (Fsp3) is 0.235. The lowest BCUT2D eigenvalue weighted by molar-refractivity contribution is 0.0936. The summed E-state index contributed by atoms with van der Waals surface area (Å²) >= 11 is 6.10. The fourth-order valence-electron chi connectivity index (χ4n) is 1.99. The Hall–Kier alpha value is -2.44. The average molecular weight is 348 g/mol. The van der Waals surface area contributed by atoms with Crippen LogP contribution < -0.4 is 10.6 Å². The summed E-state index contributed by atoms with van der Waals surface area (Å²) in [4.78, 5) is 28.5. The second-order valence-corrected chi connectivity index (χ2v) is 5.47. The van der Waals surface area contributed by atoms with Crippen LogP contribution in [-0.2, 0) is 4.74 Å². The molecule has 0 aliphatic carbocycles. The lowest BCUT2D eigenvalue weighted by atomic mass is 10.2. The van der Waals surface area contributed by atoms with E-state index >= 15 is 0 Å². The molecule has 2 rings (SSSR count). The van der Waals surface area contributed by atoms with Gasteiger partial charge >= 0.3 is 0 Å². The van der Waals surface area contributed by atoms with E-state index in [1.165, 1.54) is 6.07 Å². The standard InChI is InChI=1S/C17H18ClN3O3/c1-11-4-3-5-14(20-11)17(23)21-15-10-12(6-7-13(15)18)16(22)19-8-9-24-2/h3-7,10H,8-9H2,1-2H3,(H,19,22)(H,21,23). The van der Waals surface area contributed by atoms with Gasteiger partial charge in [0.1, 0.15) is 5.69 Å². The van der Waals surface area contributed by atoms with Crippen molar-refractivity contribution >= 4 is 29.1 Å². The molecule has 0 aliphatic rings. The summed E-state index contributed by atoms with van der Waals surface area (Å²) in [7, 11) is 1.56. The number of benzene rings is 1. The molecule has 1 heterocycles. The third kappa shape index (κ3) is 4.78. The number of aryl methyl sites for hydroxylation is 1. The number of nitrogens with zero attached hydrogens (tertiary/aromatic N) is 1. The molecule has 0 radical (unpaired) electrons. The van der Waals surface area contributed by atoms with Crippen molar-refractivity contribution in [2.24, 2.45) is 0 Å². The van der Waals surface area contributed by atoms with Gasteiger partial charge in [0.15, 0.2) is 0 Å². The number of carbonyl (C=O) groups excluding carboxylic acids is 2. The zero-order valence-corrected chi connectivity index (χ0v) is 14.2. The van der Waals surface area contributed by atoms with Crippen LogP contribution in [0.4, 0.5) is 5.69 Å². The van der Waals surface area contributed by atoms with Crippen LogP contribution >= 0.6 is 11.6 Å². The van der Waals surface area contributed by atoms with Crippen LogP contribution in [0.3, 0.4) is 0 Å². The quantitative estimate of drug-likeness (QED) is 0.787. The van der Waals surface area contributed by atoms with Gasteiger partial charge in [-0.3, -0.25) is 9.59 Å². The Balaban J connectivity index is 2.13. The monoisotopic (exact) mass is 347 g/mol. The van der Waals surface area contributed by atoms with Crippen molar-refractivity contribution in [1.82, 2.24) is 10.3 Å². The van der Waals surface area contributed by atoms with Gasteiger partial charge in [-0.2, -0.15) is 0 Å². The van der Waals surface area contributed by atoms with E-state index in [4.69, 9.17) is 16.3 Å². The number of aromatic nitrogens is 1. The Bertz CT molecular complexity index is 750. The van der Waals surface area contributed by atoms with Gasteiger partial charge in [0, 0.05) is 24.9 Å². The summed E-state index contributed by atoms with van der Waals surface area (Å²) in [5, 5.41) is 5.72. The zero-order valence-electron chi connectivity index (χ0n) is 13.4. The average Bonchev–Trinajstić information content (AvgIpc) is 2.57. The maximum atomic E-state index is 12.3. The second kappa shape index (κ2) is 8.42. The van der Waals surface area contributed by atoms with Crippen LogP contribution in [0.15, 0.2) is 36.4 Å². The van der Waals surface area contributed by atoms with Crippen molar-refractivity contribution in [1.29, 1.82) is 0 Å². The van der Waals surface area contributed by atoms with E-state index in [9.17, 15) is 9.59 Å². The molecular formula is C17H18ClN3O3. The number of ether oxygens (including phenoxy) is 1. The van der Waals surface area contributed by atoms with Gasteiger partial charge in [0.2, 0.25) is 0 Å². The minimum Gasteiger partial charge on any atom is -0.383 e. The molecule has 2 aromatic rings. The number of rotatable bonds is 6. The molecule has 1 aromatic carbocycles. The van der Waals surface area contributed by atoms with E-state index < -0.39 is 5.91 Å². The molecule has 0 atom stereocenters. The number of nitrogens with one attached hydrogen (secondary N) is 2. The molecule has 0 bridgehead atoms. The molecule has 1 aromatic heterocycles. The van der Waals surface area contributed by atoms with E-state index in [2.05, 4.69) is 15.6 Å². The number of carbonyl (C=O) groups is 2. The normalized spacial score (nSPS) is 10.3. The van der Waals surface area contributed by atoms with E-state index in [-0.39, 0.29) is 11.6 Å². The Labute approximate surface area is 145 Å². The largest absolute Gasteiger partial charge is 0.383 e. The summed E-state index contributed by atoms with van der Waals surface area (Å²) in [6.45, 7) is 2.61. The molecule has 24 heavy (non-hydrogen) atoms. The Morgan fingerprint density at radius 3 is 2.71 bits per heavy atom. The van der Waals surface area contributed by atoms with Crippen molar-refractivity contribution in [3.8, 4) is 0 Å². The van der Waals surface area contributed by atoms with E-state index in [0.29, 0.717) is 29.4 Å². The first-order chi connectivity index (χ1) is 11.5. The molecule has 0 unspecified atom stereocenters. The minimum absolute atomic E-state index is 0.270. The molecule has 0 fully saturated rings. The third-order valence-corrected chi connectivity index (χ3v) is 3.52. The van der Waals surface area contributed by atoms with Crippen molar-refractivity contribution < 1.29 is 14.3 Å². The van der Waals surface area contributed by atoms with Gasteiger partial charge in [0.05, 0.1) is 17.3 Å². The first-order valence-corrected chi connectivity index (χ1v) is 7.70. The molecule has 6 nitrogen and oxygen atoms in total. The lowest BCUT2D eigenvalue weighted by Crippen LogP contribution is -2.27. The number of amides is 2. The van der Waals surface area contributed by atoms with Crippen LogP contribution in [-0.4, -0.2) is 37.1 Å². The highest BCUT2D eigenvalue weighted by Crippen LogP contribution is 2.23. The maximum absolute atomic E-state index is 12.3. The molecule has 126 valence electrons. The maximum Gasteiger partial charge on any atom is 0.274 e. The first kappa shape index (κ1) is 17.9. The third-order valence-electron chi connectivity index (χ3n) is 3.19. The van der Waals surface area contributed by atoms with Gasteiger partial charge in [-0.1, -0.05) is 17.7 Å². The summed E-state index contributed by atoms with van der Waals surface area (Å²) in [6.07, 6.45) is 0. The van der Waals surface area contributed by atoms with Gasteiger partial charge in [0.25, 0.3) is 11.8 Å². The van der Waals surface area contributed by atoms with Gasteiger partial charge < -0.3 is 15.4 Å². The Kier molecular flexibility index (Phi) is 6.28. The van der Waals surface area contributed by atoms with Crippen LogP contribution in [0.1, 0.15) is 26.5 Å². The number of pyridine rings is 1. The Morgan fingerprint density at radius 1 is 1.21 bits per heavy atom. The first-order valence-electron chi connectivity index (χ1n) is 7.33. The van der Waals surface area contributed by atoms with Crippen LogP contribution in [0.25, 0.3) is 0 Å². The van der Waals surface area contributed by atoms with Crippen LogP contribution in [0.2, 0.25) is 5.02 Å². The molecule has 0 saturated heterocycles. The van der Waals surface area contributed by atoms with E-state index in [0.717, 1.165) is 5.69 Å². The highest BCUT2D eigenvalue weighted by molar-refractivity contribution is 6.34. The smallest absolute Gasteiger partial charge is 0.274 e. The number of hydrogen-bond donors (Lipinski definition) is 2. The molecule has 0 spiro atoms. The topological polar surface area (TPSA) is 80.3 Å². The van der Waals surface area contributed by atoms with Crippen molar-refractivity contribution in [3.63, 3.8) is 0 Å². The van der Waals surface area contributed by atoms with Gasteiger partial charge in [-0.15, -0.1) is 0 Å². The van der Waals surface area contributed by atoms with Crippen LogP contribution in [0.5, 0.6) is 0 Å². The van der Waals surface area contributed by atoms with E-state index in [1.807, 2.05) is 0 Å². The van der Waals surface area contributed by atoms with Crippen molar-refractivity contribution in [2.45, 2.75) is 6.92 Å². The number of hydrogen-bond acceptors (Lipinski definition) is 4. The molecule has 0 saturated carbocycles. The highest BCUT2D eigenvalue weighted by atomic mass is 35.5. The van der Waals surface area contributed by atoms with Gasteiger partial charge in [-0.05, 0) is 37.3 Å². The SMILES string of the molecule is COCCNC(=O)c1ccc(Cl)c(NC(=O)c2cccc(C)n2)c1. The molecule has 2 N–H and O–H groups in total. The fourth-order valence-corrected chi connectivity index (χ4v) is 2.15. The molecular weight excluding hydrogens is 330 g/mol. The molecule has 0 aliphatic heterocycles. The summed E-state index contributed by atoms with van der Waals surface area (Å²) in [5.41, 5.74) is 1.76. The second-order valence-electron chi connectivity index (χ2n) is 5.06. The Morgan fingerprint density at radius 2 is 2.00 bits per heavy atom. The number of halogens is 1. The molecule has 7 heteroatoms. The van der Waals surface area contributed by atoms with E-state index in [1.54, 1.807) is 44.4 Å². The summed E-state index contributed by atoms with van der Waals surface area (Å²) < 4.78 is 4.88. The highest BCUT2D eigenvalue weighted by Gasteiger charge is 2.13. The van der Waals surface area contributed by atoms with Crippen molar-refractivity contribution in [3.05, 3.63) is 58.4 Å². The predicted molar refractivity (Wildman–Crippen MR) is 92.6 cm³/mol. The summed E-state index contributed by atoms with van der Waals surface area (Å²) in [5.74, 6) is -0.662. The zero-order chi connectivity index (χ0) is 17.5. The van der Waals surface area contributed by atoms with Gasteiger partial charge in [-0.25, -0.2) is 4.98 Å². The lowest BCUT2D eigenvalue weighted by Gasteiger charge is -2.10. The number of methoxy groups -OCH3 is 1. The number of anilines is 1. The minimum atomic E-state index is -0.391. The molecule has 2 amide bonds. The van der Waals surface area contributed by atoms with Crippen LogP contribution in [0, 0.1) is 6.92 Å². The predicted octanol–water partition coefficient (Wildman–Crippen LogP) is 2.67. The van der Waals surface area contributed by atoms with Crippen molar-refractivity contribution in [2.75, 3.05) is 25.6 Å².